The van der Waals surface area contributed by atoms with E-state index in [4.69, 9.17) is 9.47 Å². The molecule has 1 fully saturated rings. The lowest BCUT2D eigenvalue weighted by Gasteiger charge is -2.31. The third-order valence-electron chi connectivity index (χ3n) is 6.60. The molecule has 34 heavy (non-hydrogen) atoms. The van der Waals surface area contributed by atoms with Crippen LogP contribution < -0.4 is 14.8 Å². The van der Waals surface area contributed by atoms with Gasteiger partial charge in [0.1, 0.15) is 6.04 Å². The van der Waals surface area contributed by atoms with Crippen LogP contribution in [-0.2, 0) is 22.6 Å². The van der Waals surface area contributed by atoms with E-state index in [1.54, 1.807) is 19.1 Å². The Morgan fingerprint density at radius 3 is 2.41 bits per heavy atom. The highest BCUT2D eigenvalue weighted by Crippen LogP contribution is 2.28. The van der Waals surface area contributed by atoms with Gasteiger partial charge in [-0.25, -0.2) is 0 Å². The second-order valence-electron chi connectivity index (χ2n) is 9.11. The summed E-state index contributed by atoms with van der Waals surface area (Å²) in [6, 6.07) is 13.6. The minimum Gasteiger partial charge on any atom is -0.493 e. The van der Waals surface area contributed by atoms with Crippen LogP contribution in [0.2, 0.25) is 0 Å². The molecule has 2 amide bonds. The number of nitrogens with one attached hydrogen (secondary N) is 1. The second-order valence-corrected chi connectivity index (χ2v) is 9.11. The largest absolute Gasteiger partial charge is 0.493 e. The Balaban J connectivity index is 1.77. The van der Waals surface area contributed by atoms with Crippen molar-refractivity contribution in [2.45, 2.75) is 77.4 Å². The Morgan fingerprint density at radius 1 is 1.03 bits per heavy atom. The molecule has 0 saturated heterocycles. The first-order valence-electron chi connectivity index (χ1n) is 12.3. The van der Waals surface area contributed by atoms with E-state index in [-0.39, 0.29) is 17.9 Å². The van der Waals surface area contributed by atoms with Gasteiger partial charge in [0.05, 0.1) is 14.2 Å². The van der Waals surface area contributed by atoms with Crippen molar-refractivity contribution in [3.8, 4) is 11.5 Å². The van der Waals surface area contributed by atoms with Crippen molar-refractivity contribution in [2.24, 2.45) is 0 Å². The van der Waals surface area contributed by atoms with Crippen molar-refractivity contribution in [3.05, 3.63) is 59.2 Å². The van der Waals surface area contributed by atoms with Crippen LogP contribution in [0, 0.1) is 6.92 Å². The zero-order valence-electron chi connectivity index (χ0n) is 20.9. The summed E-state index contributed by atoms with van der Waals surface area (Å²) < 4.78 is 10.7. The summed E-state index contributed by atoms with van der Waals surface area (Å²) >= 11 is 0. The molecule has 6 heteroatoms. The van der Waals surface area contributed by atoms with E-state index in [0.717, 1.165) is 42.4 Å². The Labute approximate surface area is 203 Å². The number of hydrogen-bond acceptors (Lipinski definition) is 4. The van der Waals surface area contributed by atoms with Gasteiger partial charge in [-0.1, -0.05) is 55.7 Å². The SMILES string of the molecule is CC[C@H](C(=O)NC1CCCC1)N(Cc1cccc(C)c1)C(=O)CCc1ccc(OC)c(OC)c1. The van der Waals surface area contributed by atoms with Gasteiger partial charge >= 0.3 is 0 Å². The maximum Gasteiger partial charge on any atom is 0.243 e. The summed E-state index contributed by atoms with van der Waals surface area (Å²) in [5.74, 6) is 1.24. The molecular formula is C28H38N2O4. The molecule has 0 heterocycles. The third kappa shape index (κ3) is 6.75. The first-order valence-corrected chi connectivity index (χ1v) is 12.3. The van der Waals surface area contributed by atoms with Crippen molar-refractivity contribution in [2.75, 3.05) is 14.2 Å². The van der Waals surface area contributed by atoms with Gasteiger partial charge in [0, 0.05) is 19.0 Å². The number of carbonyl (C=O) groups excluding carboxylic acids is 2. The molecule has 6 nitrogen and oxygen atoms in total. The number of nitrogens with zero attached hydrogens (tertiary/aromatic N) is 1. The van der Waals surface area contributed by atoms with E-state index >= 15 is 0 Å². The summed E-state index contributed by atoms with van der Waals surface area (Å²) in [5.41, 5.74) is 3.16. The number of methoxy groups -OCH3 is 2. The monoisotopic (exact) mass is 466 g/mol. The molecular weight excluding hydrogens is 428 g/mol. The van der Waals surface area contributed by atoms with Gasteiger partial charge in [-0.2, -0.15) is 0 Å². The number of rotatable bonds is 11. The van der Waals surface area contributed by atoms with Crippen LogP contribution in [0.25, 0.3) is 0 Å². The Kier molecular flexibility index (Phi) is 9.37. The quantitative estimate of drug-likeness (QED) is 0.516. The highest BCUT2D eigenvalue weighted by atomic mass is 16.5. The molecule has 1 N–H and O–H groups in total. The highest BCUT2D eigenvalue weighted by Gasteiger charge is 2.30. The predicted octanol–water partition coefficient (Wildman–Crippen LogP) is 4.81. The average Bonchev–Trinajstić information content (AvgIpc) is 3.35. The van der Waals surface area contributed by atoms with Crippen molar-refractivity contribution in [1.29, 1.82) is 0 Å². The Hall–Kier alpha value is -3.02. The minimum atomic E-state index is -0.487. The molecule has 0 radical (unpaired) electrons. The van der Waals surface area contributed by atoms with Gasteiger partial charge in [0.15, 0.2) is 11.5 Å². The molecule has 1 aliphatic carbocycles. The van der Waals surface area contributed by atoms with Gasteiger partial charge in [-0.15, -0.1) is 0 Å². The summed E-state index contributed by atoms with van der Waals surface area (Å²) in [4.78, 5) is 28.5. The maximum atomic E-state index is 13.5. The fraction of sp³-hybridized carbons (Fsp3) is 0.500. The van der Waals surface area contributed by atoms with Crippen LogP contribution in [-0.4, -0.2) is 43.0 Å². The molecule has 1 aliphatic rings. The van der Waals surface area contributed by atoms with Crippen LogP contribution in [0.3, 0.4) is 0 Å². The molecule has 3 rings (SSSR count). The summed E-state index contributed by atoms with van der Waals surface area (Å²) in [6.07, 6.45) is 5.80. The molecule has 2 aromatic carbocycles. The van der Waals surface area contributed by atoms with E-state index < -0.39 is 6.04 Å². The van der Waals surface area contributed by atoms with Crippen LogP contribution in [0.5, 0.6) is 11.5 Å². The molecule has 0 bridgehead atoms. The standard InChI is InChI=1S/C28H38N2O4/c1-5-24(28(32)29-23-11-6-7-12-23)30(19-22-10-8-9-20(2)17-22)27(31)16-14-21-13-15-25(33-3)26(18-21)34-4/h8-10,13,15,17-18,23-24H,5-7,11-12,14,16,19H2,1-4H3,(H,29,32)/t24-/m1/s1. The molecule has 0 unspecified atom stereocenters. The smallest absolute Gasteiger partial charge is 0.243 e. The zero-order chi connectivity index (χ0) is 24.5. The lowest BCUT2D eigenvalue weighted by atomic mass is 10.0. The zero-order valence-corrected chi connectivity index (χ0v) is 20.9. The number of benzene rings is 2. The van der Waals surface area contributed by atoms with Gasteiger partial charge in [-0.3, -0.25) is 9.59 Å². The van der Waals surface area contributed by atoms with E-state index in [1.165, 1.54) is 0 Å². The molecule has 1 atom stereocenters. The predicted molar refractivity (Wildman–Crippen MR) is 134 cm³/mol. The molecule has 0 aliphatic heterocycles. The fourth-order valence-corrected chi connectivity index (χ4v) is 4.73. The van der Waals surface area contributed by atoms with Crippen LogP contribution >= 0.6 is 0 Å². The average molecular weight is 467 g/mol. The van der Waals surface area contributed by atoms with E-state index in [1.807, 2.05) is 50.2 Å². The maximum absolute atomic E-state index is 13.5. The lowest BCUT2D eigenvalue weighted by molar-refractivity contribution is -0.141. The molecule has 1 saturated carbocycles. The second kappa shape index (κ2) is 12.4. The normalized spacial score (nSPS) is 14.5. The molecule has 0 aromatic heterocycles. The van der Waals surface area contributed by atoms with Crippen LogP contribution in [0.1, 0.15) is 62.1 Å². The number of aryl methyl sites for hydroxylation is 2. The highest BCUT2D eigenvalue weighted by molar-refractivity contribution is 5.88. The first-order chi connectivity index (χ1) is 16.4. The number of ether oxygens (including phenoxy) is 2. The van der Waals surface area contributed by atoms with Crippen LogP contribution in [0.4, 0.5) is 0 Å². The van der Waals surface area contributed by atoms with Crippen molar-refractivity contribution in [1.82, 2.24) is 10.2 Å². The third-order valence-corrected chi connectivity index (χ3v) is 6.60. The summed E-state index contributed by atoms with van der Waals surface area (Å²) in [7, 11) is 3.21. The van der Waals surface area contributed by atoms with Gasteiger partial charge in [0.2, 0.25) is 11.8 Å². The Morgan fingerprint density at radius 2 is 1.76 bits per heavy atom. The van der Waals surface area contributed by atoms with Crippen molar-refractivity contribution in [3.63, 3.8) is 0 Å². The summed E-state index contributed by atoms with van der Waals surface area (Å²) in [6.45, 7) is 4.43. The lowest BCUT2D eigenvalue weighted by Crippen LogP contribution is -2.51. The molecule has 2 aromatic rings. The van der Waals surface area contributed by atoms with E-state index in [9.17, 15) is 9.59 Å². The van der Waals surface area contributed by atoms with Gasteiger partial charge < -0.3 is 19.7 Å². The van der Waals surface area contributed by atoms with Gasteiger partial charge in [-0.05, 0) is 55.9 Å². The fourth-order valence-electron chi connectivity index (χ4n) is 4.73. The molecule has 0 spiro atoms. The first kappa shape index (κ1) is 25.6. The number of amides is 2. The number of hydrogen-bond donors (Lipinski definition) is 1. The molecule has 184 valence electrons. The van der Waals surface area contributed by atoms with E-state index in [0.29, 0.717) is 37.3 Å². The Bertz CT molecular complexity index is 969. The van der Waals surface area contributed by atoms with Crippen molar-refractivity contribution >= 4 is 11.8 Å². The minimum absolute atomic E-state index is 0.0234. The van der Waals surface area contributed by atoms with E-state index in [2.05, 4.69) is 11.4 Å². The summed E-state index contributed by atoms with van der Waals surface area (Å²) in [5, 5.41) is 3.20. The van der Waals surface area contributed by atoms with Crippen LogP contribution in [0.15, 0.2) is 42.5 Å². The van der Waals surface area contributed by atoms with Crippen molar-refractivity contribution < 1.29 is 19.1 Å². The number of carbonyl (C=O) groups is 2. The topological polar surface area (TPSA) is 67.9 Å². The van der Waals surface area contributed by atoms with Gasteiger partial charge in [0.25, 0.3) is 0 Å².